The van der Waals surface area contributed by atoms with E-state index in [0.29, 0.717) is 6.54 Å². The molecule has 92 valence electrons. The molecule has 18 heavy (non-hydrogen) atoms. The monoisotopic (exact) mass is 258 g/mol. The molecule has 5 heteroatoms. The summed E-state index contributed by atoms with van der Waals surface area (Å²) in [5, 5.41) is 2.06. The second kappa shape index (κ2) is 4.51. The molecule has 0 bridgehead atoms. The molecule has 0 amide bonds. The molecule has 4 nitrogen and oxygen atoms in total. The summed E-state index contributed by atoms with van der Waals surface area (Å²) in [5.74, 6) is 0.962. The lowest BCUT2D eigenvalue weighted by molar-refractivity contribution is 0.730. The van der Waals surface area contributed by atoms with Crippen LogP contribution < -0.4 is 5.73 Å². The largest absolute Gasteiger partial charge is 0.329 e. The van der Waals surface area contributed by atoms with Crippen LogP contribution in [0.15, 0.2) is 29.8 Å². The van der Waals surface area contributed by atoms with Gasteiger partial charge in [-0.05, 0) is 30.0 Å². The van der Waals surface area contributed by atoms with Crippen LogP contribution in [0.2, 0.25) is 0 Å². The molecular formula is C13H14N4S. The van der Waals surface area contributed by atoms with Crippen LogP contribution in [0.1, 0.15) is 5.56 Å². The number of imidazole rings is 1. The molecule has 0 spiro atoms. The Labute approximate surface area is 109 Å². The molecule has 0 unspecified atom stereocenters. The Morgan fingerprint density at radius 3 is 3.06 bits per heavy atom. The van der Waals surface area contributed by atoms with Gasteiger partial charge in [0.2, 0.25) is 0 Å². The third-order valence-electron chi connectivity index (χ3n) is 2.82. The highest BCUT2D eigenvalue weighted by atomic mass is 32.1. The highest BCUT2D eigenvalue weighted by Crippen LogP contribution is 2.27. The summed E-state index contributed by atoms with van der Waals surface area (Å²) in [5.41, 5.74) is 8.66. The maximum Gasteiger partial charge on any atom is 0.160 e. The molecule has 0 atom stereocenters. The first-order chi connectivity index (χ1) is 8.79. The van der Waals surface area contributed by atoms with Crippen molar-refractivity contribution in [2.45, 2.75) is 13.5 Å². The van der Waals surface area contributed by atoms with Gasteiger partial charge in [-0.3, -0.25) is 0 Å². The predicted molar refractivity (Wildman–Crippen MR) is 74.6 cm³/mol. The zero-order valence-corrected chi connectivity index (χ0v) is 10.9. The van der Waals surface area contributed by atoms with Gasteiger partial charge >= 0.3 is 0 Å². The van der Waals surface area contributed by atoms with Crippen LogP contribution in [0.5, 0.6) is 0 Å². The summed E-state index contributed by atoms with van der Waals surface area (Å²) in [4.78, 5) is 10.3. The Morgan fingerprint density at radius 1 is 1.44 bits per heavy atom. The number of aryl methyl sites for hydroxylation is 1. The third-order valence-corrected chi connectivity index (χ3v) is 3.68. The standard InChI is InChI=1S/C13H14N4S/c1-9-7-10-12(15-8-9)17(5-4-14)13(16-10)11-3-2-6-18-11/h2-3,6-8H,4-5,14H2,1H3. The van der Waals surface area contributed by atoms with Gasteiger partial charge in [0.1, 0.15) is 5.52 Å². The summed E-state index contributed by atoms with van der Waals surface area (Å²) in [7, 11) is 0. The number of nitrogens with two attached hydrogens (primary N) is 1. The summed E-state index contributed by atoms with van der Waals surface area (Å²) >= 11 is 1.68. The van der Waals surface area contributed by atoms with Crippen LogP contribution in [0.4, 0.5) is 0 Å². The molecular weight excluding hydrogens is 244 g/mol. The number of nitrogens with zero attached hydrogens (tertiary/aromatic N) is 3. The van der Waals surface area contributed by atoms with Crippen LogP contribution in [-0.2, 0) is 6.54 Å². The van der Waals surface area contributed by atoms with Gasteiger partial charge in [0.05, 0.1) is 4.88 Å². The highest BCUT2D eigenvalue weighted by Gasteiger charge is 2.13. The summed E-state index contributed by atoms with van der Waals surface area (Å²) in [6.45, 7) is 3.35. The first-order valence-electron chi connectivity index (χ1n) is 5.86. The second-order valence-electron chi connectivity index (χ2n) is 4.21. The van der Waals surface area contributed by atoms with Gasteiger partial charge in [-0.1, -0.05) is 6.07 Å². The zero-order chi connectivity index (χ0) is 12.5. The molecule has 0 aromatic carbocycles. The van der Waals surface area contributed by atoms with Crippen molar-refractivity contribution in [3.05, 3.63) is 35.3 Å². The van der Waals surface area contributed by atoms with Gasteiger partial charge in [-0.15, -0.1) is 11.3 Å². The molecule has 0 aliphatic rings. The summed E-state index contributed by atoms with van der Waals surface area (Å²) < 4.78 is 2.10. The van der Waals surface area contributed by atoms with Crippen molar-refractivity contribution in [1.82, 2.24) is 14.5 Å². The number of hydrogen-bond donors (Lipinski definition) is 1. The average Bonchev–Trinajstić information content (AvgIpc) is 2.97. The number of fused-ring (bicyclic) bond motifs is 1. The second-order valence-corrected chi connectivity index (χ2v) is 5.16. The van der Waals surface area contributed by atoms with Gasteiger partial charge in [0.25, 0.3) is 0 Å². The molecule has 3 heterocycles. The van der Waals surface area contributed by atoms with Crippen LogP contribution in [0, 0.1) is 6.92 Å². The van der Waals surface area contributed by atoms with E-state index >= 15 is 0 Å². The topological polar surface area (TPSA) is 56.7 Å². The number of aromatic nitrogens is 3. The fraction of sp³-hybridized carbons (Fsp3) is 0.231. The molecule has 2 N–H and O–H groups in total. The average molecular weight is 258 g/mol. The van der Waals surface area contributed by atoms with E-state index < -0.39 is 0 Å². The number of thiophene rings is 1. The number of rotatable bonds is 3. The van der Waals surface area contributed by atoms with Crippen molar-refractivity contribution < 1.29 is 0 Å². The maximum absolute atomic E-state index is 5.69. The van der Waals surface area contributed by atoms with E-state index in [1.165, 1.54) is 0 Å². The van der Waals surface area contributed by atoms with Gasteiger partial charge < -0.3 is 10.3 Å². The van der Waals surface area contributed by atoms with E-state index in [4.69, 9.17) is 5.73 Å². The van der Waals surface area contributed by atoms with Crippen molar-refractivity contribution >= 4 is 22.5 Å². The fourth-order valence-electron chi connectivity index (χ4n) is 2.05. The number of hydrogen-bond acceptors (Lipinski definition) is 4. The van der Waals surface area contributed by atoms with Crippen LogP contribution in [0.25, 0.3) is 21.9 Å². The highest BCUT2D eigenvalue weighted by molar-refractivity contribution is 7.13. The van der Waals surface area contributed by atoms with Crippen molar-refractivity contribution in [1.29, 1.82) is 0 Å². The Hall–Kier alpha value is -1.72. The van der Waals surface area contributed by atoms with Crippen LogP contribution in [0.3, 0.4) is 0 Å². The molecule has 3 aromatic rings. The van der Waals surface area contributed by atoms with E-state index in [1.807, 2.05) is 19.2 Å². The van der Waals surface area contributed by atoms with E-state index in [9.17, 15) is 0 Å². The van der Waals surface area contributed by atoms with Crippen molar-refractivity contribution in [2.75, 3.05) is 6.54 Å². The van der Waals surface area contributed by atoms with E-state index in [2.05, 4.69) is 32.0 Å². The molecule has 0 aliphatic carbocycles. The lowest BCUT2D eigenvalue weighted by Crippen LogP contribution is -2.11. The molecule has 0 saturated carbocycles. The van der Waals surface area contributed by atoms with Crippen molar-refractivity contribution in [3.63, 3.8) is 0 Å². The first kappa shape index (κ1) is 11.4. The van der Waals surface area contributed by atoms with Crippen LogP contribution >= 0.6 is 11.3 Å². The molecule has 0 aliphatic heterocycles. The minimum atomic E-state index is 0.583. The minimum absolute atomic E-state index is 0.583. The van der Waals surface area contributed by atoms with Crippen molar-refractivity contribution in [3.8, 4) is 10.7 Å². The van der Waals surface area contributed by atoms with Gasteiger partial charge in [0, 0.05) is 19.3 Å². The van der Waals surface area contributed by atoms with Crippen molar-refractivity contribution in [2.24, 2.45) is 5.73 Å². The van der Waals surface area contributed by atoms with Gasteiger partial charge in [0.15, 0.2) is 11.5 Å². The SMILES string of the molecule is Cc1cnc2c(c1)nc(-c1cccs1)n2CCN. The lowest BCUT2D eigenvalue weighted by Gasteiger charge is -2.05. The Kier molecular flexibility index (Phi) is 2.85. The third kappa shape index (κ3) is 1.81. The lowest BCUT2D eigenvalue weighted by atomic mass is 10.3. The van der Waals surface area contributed by atoms with E-state index in [-0.39, 0.29) is 0 Å². The summed E-state index contributed by atoms with van der Waals surface area (Å²) in [6.07, 6.45) is 1.87. The van der Waals surface area contributed by atoms with Crippen LogP contribution in [-0.4, -0.2) is 21.1 Å². The molecule has 3 aromatic heterocycles. The quantitative estimate of drug-likeness (QED) is 0.785. The normalized spacial score (nSPS) is 11.2. The number of pyridine rings is 1. The zero-order valence-electron chi connectivity index (χ0n) is 10.1. The van der Waals surface area contributed by atoms with Gasteiger partial charge in [-0.25, -0.2) is 9.97 Å². The fourth-order valence-corrected chi connectivity index (χ4v) is 2.77. The molecule has 0 saturated heterocycles. The maximum atomic E-state index is 5.69. The molecule has 0 fully saturated rings. The Bertz CT molecular complexity index is 670. The van der Waals surface area contributed by atoms with Gasteiger partial charge in [-0.2, -0.15) is 0 Å². The Balaban J connectivity index is 2.26. The predicted octanol–water partition coefficient (Wildman–Crippen LogP) is 2.43. The minimum Gasteiger partial charge on any atom is -0.329 e. The molecule has 3 rings (SSSR count). The smallest absolute Gasteiger partial charge is 0.160 e. The van der Waals surface area contributed by atoms with E-state index in [0.717, 1.165) is 34.0 Å². The first-order valence-corrected chi connectivity index (χ1v) is 6.74. The summed E-state index contributed by atoms with van der Waals surface area (Å²) in [6, 6.07) is 6.17. The molecule has 0 radical (unpaired) electrons. The van der Waals surface area contributed by atoms with E-state index in [1.54, 1.807) is 11.3 Å². The Morgan fingerprint density at radius 2 is 2.33 bits per heavy atom.